The van der Waals surface area contributed by atoms with Gasteiger partial charge in [-0.25, -0.2) is 8.42 Å². The molecule has 7 heteroatoms. The number of nitrogens with one attached hydrogen (secondary N) is 1. The Balaban J connectivity index is 1.59. The standard InChI is InChI=1S/C18H18N2O4S/c1-24-16-9-7-14(8-10-16)19-17(21)18-11-13(18)12-20(25(18,22)23)15-5-3-2-4-6-15/h2-10,13H,11-12H2,1H3,(H,19,21)/t13-,18+/m0/s1. The molecule has 0 radical (unpaired) electrons. The van der Waals surface area contributed by atoms with E-state index in [1.165, 1.54) is 4.31 Å². The molecule has 1 amide bonds. The van der Waals surface area contributed by atoms with Gasteiger partial charge in [0, 0.05) is 18.2 Å². The van der Waals surface area contributed by atoms with Crippen LogP contribution in [0, 0.1) is 5.92 Å². The van der Waals surface area contributed by atoms with E-state index < -0.39 is 20.7 Å². The van der Waals surface area contributed by atoms with Crippen molar-refractivity contribution >= 4 is 27.3 Å². The molecule has 130 valence electrons. The van der Waals surface area contributed by atoms with Gasteiger partial charge < -0.3 is 10.1 Å². The van der Waals surface area contributed by atoms with Gasteiger partial charge in [-0.05, 0) is 42.8 Å². The fraction of sp³-hybridized carbons (Fsp3) is 0.278. The van der Waals surface area contributed by atoms with Crippen LogP contribution in [0.15, 0.2) is 54.6 Å². The Labute approximate surface area is 146 Å². The maximum atomic E-state index is 13.0. The second kappa shape index (κ2) is 5.49. The molecule has 0 unspecified atom stereocenters. The molecule has 25 heavy (non-hydrogen) atoms. The number of sulfonamides is 1. The molecule has 1 saturated heterocycles. The van der Waals surface area contributed by atoms with Gasteiger partial charge in [0.1, 0.15) is 5.75 Å². The summed E-state index contributed by atoms with van der Waals surface area (Å²) in [6.45, 7) is 0.350. The lowest BCUT2D eigenvalue weighted by Crippen LogP contribution is -2.42. The molecule has 2 aliphatic rings. The zero-order valence-corrected chi connectivity index (χ0v) is 14.5. The number of rotatable bonds is 4. The Morgan fingerprint density at radius 3 is 2.48 bits per heavy atom. The van der Waals surface area contributed by atoms with Crippen LogP contribution in [-0.4, -0.2) is 32.7 Å². The van der Waals surface area contributed by atoms with E-state index in [0.717, 1.165) is 0 Å². The van der Waals surface area contributed by atoms with Gasteiger partial charge in [-0.3, -0.25) is 9.10 Å². The summed E-state index contributed by atoms with van der Waals surface area (Å²) in [7, 11) is -2.18. The van der Waals surface area contributed by atoms with Gasteiger partial charge in [0.2, 0.25) is 15.9 Å². The summed E-state index contributed by atoms with van der Waals surface area (Å²) in [6, 6.07) is 15.7. The fourth-order valence-electron chi connectivity index (χ4n) is 3.47. The van der Waals surface area contributed by atoms with E-state index in [1.54, 1.807) is 55.6 Å². The predicted molar refractivity (Wildman–Crippen MR) is 95.2 cm³/mol. The number of fused-ring (bicyclic) bond motifs is 1. The Morgan fingerprint density at radius 2 is 1.84 bits per heavy atom. The summed E-state index contributed by atoms with van der Waals surface area (Å²) in [5.41, 5.74) is 1.16. The highest BCUT2D eigenvalue weighted by molar-refractivity contribution is 7.95. The molecule has 2 aromatic rings. The van der Waals surface area contributed by atoms with Crippen molar-refractivity contribution in [3.05, 3.63) is 54.6 Å². The zero-order valence-electron chi connectivity index (χ0n) is 13.7. The third kappa shape index (κ3) is 2.30. The summed E-state index contributed by atoms with van der Waals surface area (Å²) in [4.78, 5) is 12.8. The predicted octanol–water partition coefficient (Wildman–Crippen LogP) is 2.24. The molecule has 6 nitrogen and oxygen atoms in total. The Bertz CT molecular complexity index is 912. The van der Waals surface area contributed by atoms with Crippen molar-refractivity contribution in [1.29, 1.82) is 0 Å². The number of anilines is 2. The van der Waals surface area contributed by atoms with E-state index in [0.29, 0.717) is 30.1 Å². The van der Waals surface area contributed by atoms with Crippen LogP contribution in [0.4, 0.5) is 11.4 Å². The fourth-order valence-corrected chi connectivity index (χ4v) is 5.84. The largest absolute Gasteiger partial charge is 0.497 e. The molecule has 1 saturated carbocycles. The van der Waals surface area contributed by atoms with Gasteiger partial charge in [-0.15, -0.1) is 0 Å². The Hall–Kier alpha value is -2.54. The number of amides is 1. The minimum Gasteiger partial charge on any atom is -0.497 e. The molecular weight excluding hydrogens is 340 g/mol. The monoisotopic (exact) mass is 358 g/mol. The second-order valence-electron chi connectivity index (χ2n) is 6.34. The molecular formula is C18H18N2O4S. The van der Waals surface area contributed by atoms with Crippen LogP contribution >= 0.6 is 0 Å². The van der Waals surface area contributed by atoms with Crippen LogP contribution in [-0.2, 0) is 14.8 Å². The van der Waals surface area contributed by atoms with Gasteiger partial charge in [-0.2, -0.15) is 0 Å². The smallest absolute Gasteiger partial charge is 0.250 e. The normalized spacial score (nSPS) is 26.0. The van der Waals surface area contributed by atoms with Gasteiger partial charge in [0.15, 0.2) is 4.75 Å². The molecule has 0 spiro atoms. The summed E-state index contributed by atoms with van der Waals surface area (Å²) in [5.74, 6) is 0.0428. The number of carbonyl (C=O) groups excluding carboxylic acids is 1. The first-order valence-corrected chi connectivity index (χ1v) is 9.46. The minimum absolute atomic E-state index is 0.170. The quantitative estimate of drug-likeness (QED) is 0.909. The average Bonchev–Trinajstić information content (AvgIpc) is 3.32. The molecule has 4 rings (SSSR count). The summed E-state index contributed by atoms with van der Waals surface area (Å²) in [6.07, 6.45) is 0.376. The lowest BCUT2D eigenvalue weighted by Gasteiger charge is -2.22. The lowest BCUT2D eigenvalue weighted by molar-refractivity contribution is -0.116. The molecule has 2 atom stereocenters. The Kier molecular flexibility index (Phi) is 3.50. The molecule has 2 fully saturated rings. The number of benzene rings is 2. The third-order valence-corrected chi connectivity index (χ3v) is 7.51. The van der Waals surface area contributed by atoms with Crippen LogP contribution in [0.3, 0.4) is 0 Å². The van der Waals surface area contributed by atoms with E-state index in [2.05, 4.69) is 5.32 Å². The van der Waals surface area contributed by atoms with E-state index in [-0.39, 0.29) is 5.92 Å². The number of hydrogen-bond donors (Lipinski definition) is 1. The van der Waals surface area contributed by atoms with Crippen LogP contribution < -0.4 is 14.4 Å². The molecule has 1 aliphatic heterocycles. The highest BCUT2D eigenvalue weighted by atomic mass is 32.2. The Morgan fingerprint density at radius 1 is 1.16 bits per heavy atom. The van der Waals surface area contributed by atoms with Crippen molar-refractivity contribution in [2.45, 2.75) is 11.2 Å². The van der Waals surface area contributed by atoms with Crippen molar-refractivity contribution in [3.63, 3.8) is 0 Å². The number of ether oxygens (including phenoxy) is 1. The lowest BCUT2D eigenvalue weighted by atomic mass is 10.2. The van der Waals surface area contributed by atoms with E-state index in [4.69, 9.17) is 4.74 Å². The molecule has 0 bridgehead atoms. The average molecular weight is 358 g/mol. The first-order chi connectivity index (χ1) is 12.0. The summed E-state index contributed by atoms with van der Waals surface area (Å²) < 4.78 is 31.2. The molecule has 1 N–H and O–H groups in total. The van der Waals surface area contributed by atoms with Gasteiger partial charge in [0.25, 0.3) is 0 Å². The van der Waals surface area contributed by atoms with Crippen LogP contribution in [0.5, 0.6) is 5.75 Å². The van der Waals surface area contributed by atoms with Crippen LogP contribution in [0.2, 0.25) is 0 Å². The second-order valence-corrected chi connectivity index (χ2v) is 8.46. The van der Waals surface area contributed by atoms with Crippen molar-refractivity contribution in [1.82, 2.24) is 0 Å². The molecule has 1 heterocycles. The number of carbonyl (C=O) groups is 1. The number of nitrogens with zero attached hydrogens (tertiary/aromatic N) is 1. The summed E-state index contributed by atoms with van der Waals surface area (Å²) in [5, 5.41) is 2.74. The maximum absolute atomic E-state index is 13.0. The highest BCUT2D eigenvalue weighted by Crippen LogP contribution is 2.58. The van der Waals surface area contributed by atoms with Gasteiger partial charge in [0.05, 0.1) is 12.8 Å². The van der Waals surface area contributed by atoms with Gasteiger partial charge >= 0.3 is 0 Å². The zero-order chi connectivity index (χ0) is 17.7. The van der Waals surface area contributed by atoms with Crippen molar-refractivity contribution in [2.24, 2.45) is 5.92 Å². The minimum atomic E-state index is -3.74. The number of methoxy groups -OCH3 is 1. The van der Waals surface area contributed by atoms with Crippen molar-refractivity contribution in [2.75, 3.05) is 23.3 Å². The maximum Gasteiger partial charge on any atom is 0.250 e. The highest BCUT2D eigenvalue weighted by Gasteiger charge is 2.75. The van der Waals surface area contributed by atoms with Crippen molar-refractivity contribution < 1.29 is 17.9 Å². The number of para-hydroxylation sites is 1. The van der Waals surface area contributed by atoms with Crippen LogP contribution in [0.1, 0.15) is 6.42 Å². The van der Waals surface area contributed by atoms with Crippen molar-refractivity contribution in [3.8, 4) is 5.75 Å². The molecule has 0 aromatic heterocycles. The molecule has 2 aromatic carbocycles. The van der Waals surface area contributed by atoms with E-state index in [9.17, 15) is 13.2 Å². The third-order valence-electron chi connectivity index (χ3n) is 4.96. The first kappa shape index (κ1) is 16.0. The molecule has 1 aliphatic carbocycles. The summed E-state index contributed by atoms with van der Waals surface area (Å²) >= 11 is 0. The first-order valence-electron chi connectivity index (χ1n) is 8.02. The SMILES string of the molecule is COc1ccc(NC(=O)[C@@]23C[C@H]2CN(c2ccccc2)S3(=O)=O)cc1. The van der Waals surface area contributed by atoms with Crippen LogP contribution in [0.25, 0.3) is 0 Å². The van der Waals surface area contributed by atoms with E-state index >= 15 is 0 Å². The topological polar surface area (TPSA) is 75.7 Å². The van der Waals surface area contributed by atoms with E-state index in [1.807, 2.05) is 6.07 Å². The van der Waals surface area contributed by atoms with Gasteiger partial charge in [-0.1, -0.05) is 18.2 Å². The number of hydrogen-bond acceptors (Lipinski definition) is 4.